The third kappa shape index (κ3) is 4.86. The molecule has 0 bridgehead atoms. The van der Waals surface area contributed by atoms with E-state index in [0.717, 1.165) is 41.5 Å². The first-order valence-electron chi connectivity index (χ1n) is 13.3. The molecule has 8 heteroatoms. The number of benzene rings is 2. The van der Waals surface area contributed by atoms with Gasteiger partial charge in [0.25, 0.3) is 5.91 Å². The molecule has 0 saturated carbocycles. The Hall–Kier alpha value is -4.56. The van der Waals surface area contributed by atoms with E-state index in [1.165, 1.54) is 22.3 Å². The molecule has 0 radical (unpaired) electrons. The second-order valence-electron chi connectivity index (χ2n) is 9.83. The molecule has 0 aliphatic carbocycles. The maximum absolute atomic E-state index is 13.3. The van der Waals surface area contributed by atoms with Gasteiger partial charge in [-0.25, -0.2) is 4.98 Å². The van der Waals surface area contributed by atoms with Crippen molar-refractivity contribution in [1.29, 1.82) is 0 Å². The molecule has 1 aliphatic heterocycles. The summed E-state index contributed by atoms with van der Waals surface area (Å²) in [7, 11) is 0. The van der Waals surface area contributed by atoms with E-state index < -0.39 is 0 Å². The molecule has 0 unspecified atom stereocenters. The van der Waals surface area contributed by atoms with Gasteiger partial charge >= 0.3 is 0 Å². The van der Waals surface area contributed by atoms with E-state index in [4.69, 9.17) is 0 Å². The van der Waals surface area contributed by atoms with Crippen molar-refractivity contribution in [2.45, 2.75) is 26.8 Å². The number of H-pyrrole nitrogens is 2. The van der Waals surface area contributed by atoms with Gasteiger partial charge in [-0.2, -0.15) is 5.10 Å². The molecule has 39 heavy (non-hydrogen) atoms. The molecule has 3 aromatic heterocycles. The number of carbonyl (C=O) groups excluding carboxylic acids is 1. The van der Waals surface area contributed by atoms with Gasteiger partial charge in [0, 0.05) is 43.0 Å². The number of aromatic amines is 2. The zero-order valence-corrected chi connectivity index (χ0v) is 22.2. The van der Waals surface area contributed by atoms with Gasteiger partial charge in [-0.1, -0.05) is 49.4 Å². The monoisotopic (exact) mass is 517 g/mol. The molecule has 1 amide bonds. The average Bonchev–Trinajstić information content (AvgIpc) is 3.64. The molecule has 196 valence electrons. The number of fused-ring (bicyclic) bond motifs is 1. The van der Waals surface area contributed by atoms with Crippen LogP contribution in [-0.4, -0.2) is 55.6 Å². The number of nitrogens with zero attached hydrogens (tertiary/aromatic N) is 4. The lowest BCUT2D eigenvalue weighted by molar-refractivity contribution is 0.0767. The zero-order valence-electron chi connectivity index (χ0n) is 22.2. The first kappa shape index (κ1) is 24.8. The van der Waals surface area contributed by atoms with Crippen molar-refractivity contribution in [3.8, 4) is 22.6 Å². The van der Waals surface area contributed by atoms with E-state index in [0.29, 0.717) is 30.3 Å². The highest BCUT2D eigenvalue weighted by Crippen LogP contribution is 2.31. The summed E-state index contributed by atoms with van der Waals surface area (Å²) in [5, 5.41) is 12.0. The quantitative estimate of drug-likeness (QED) is 0.270. The summed E-state index contributed by atoms with van der Waals surface area (Å²) in [5.74, 6) is 0.506. The van der Waals surface area contributed by atoms with Crippen LogP contribution in [0.5, 0.6) is 0 Å². The lowest BCUT2D eigenvalue weighted by Gasteiger charge is -2.26. The Labute approximate surface area is 227 Å². The molecule has 3 N–H and O–H groups in total. The van der Waals surface area contributed by atoms with Gasteiger partial charge in [0.1, 0.15) is 11.4 Å². The Morgan fingerprint density at radius 1 is 1.08 bits per heavy atom. The van der Waals surface area contributed by atoms with Crippen molar-refractivity contribution in [2.24, 2.45) is 0 Å². The van der Waals surface area contributed by atoms with Crippen molar-refractivity contribution in [3.63, 3.8) is 0 Å². The van der Waals surface area contributed by atoms with Crippen molar-refractivity contribution in [3.05, 3.63) is 95.6 Å². The highest BCUT2D eigenvalue weighted by atomic mass is 16.2. The number of rotatable bonds is 7. The van der Waals surface area contributed by atoms with Gasteiger partial charge in [-0.3, -0.25) is 14.9 Å². The van der Waals surface area contributed by atoms with Crippen molar-refractivity contribution >= 4 is 22.4 Å². The largest absolute Gasteiger partial charge is 0.333 e. The summed E-state index contributed by atoms with van der Waals surface area (Å²) in [6, 6.07) is 16.5. The summed E-state index contributed by atoms with van der Waals surface area (Å²) < 4.78 is 0. The van der Waals surface area contributed by atoms with E-state index in [2.05, 4.69) is 74.7 Å². The maximum Gasteiger partial charge on any atom is 0.272 e. The predicted molar refractivity (Wildman–Crippen MR) is 154 cm³/mol. The molecule has 5 aromatic rings. The number of hydrogen-bond donors (Lipinski definition) is 3. The summed E-state index contributed by atoms with van der Waals surface area (Å²) in [5.41, 5.74) is 9.08. The lowest BCUT2D eigenvalue weighted by atomic mass is 9.98. The lowest BCUT2D eigenvalue weighted by Crippen LogP contribution is -2.34. The number of nitrogens with one attached hydrogen (secondary N) is 3. The molecule has 0 atom stereocenters. The van der Waals surface area contributed by atoms with Gasteiger partial charge in [-0.15, -0.1) is 0 Å². The smallest absolute Gasteiger partial charge is 0.272 e. The van der Waals surface area contributed by atoms with Crippen LogP contribution < -0.4 is 5.32 Å². The number of carbonyl (C=O) groups is 1. The minimum absolute atomic E-state index is 0.0585. The topological polar surface area (TPSA) is 103 Å². The van der Waals surface area contributed by atoms with Crippen molar-refractivity contribution in [2.75, 3.05) is 19.6 Å². The molecular formula is C31H31N7O. The normalized spacial score (nSPS) is 13.6. The summed E-state index contributed by atoms with van der Waals surface area (Å²) in [4.78, 5) is 27.3. The minimum Gasteiger partial charge on any atom is -0.333 e. The molecule has 0 fully saturated rings. The van der Waals surface area contributed by atoms with Crippen LogP contribution in [0.1, 0.15) is 40.5 Å². The van der Waals surface area contributed by atoms with Gasteiger partial charge in [0.2, 0.25) is 0 Å². The van der Waals surface area contributed by atoms with Crippen LogP contribution in [0.4, 0.5) is 0 Å². The molecular weight excluding hydrogens is 486 g/mol. The number of hydrogen-bond acceptors (Lipinski definition) is 5. The maximum atomic E-state index is 13.3. The SMILES string of the molecule is CCNCc1cncc(-c2ccc3[nH]nc(-c4ncc(C(=O)N5CC=C(c6ccccc6)CC5)[nH]4)c3c2)c1C. The van der Waals surface area contributed by atoms with Crippen LogP contribution in [0.2, 0.25) is 0 Å². The van der Waals surface area contributed by atoms with Crippen LogP contribution in [0.25, 0.3) is 39.1 Å². The Bertz CT molecular complexity index is 1670. The fourth-order valence-electron chi connectivity index (χ4n) is 5.15. The highest BCUT2D eigenvalue weighted by Gasteiger charge is 2.22. The molecule has 6 rings (SSSR count). The zero-order chi connectivity index (χ0) is 26.8. The second-order valence-corrected chi connectivity index (χ2v) is 9.83. The van der Waals surface area contributed by atoms with Gasteiger partial charge in [0.05, 0.1) is 11.7 Å². The number of pyridine rings is 1. The molecule has 2 aromatic carbocycles. The Balaban J connectivity index is 1.25. The van der Waals surface area contributed by atoms with Gasteiger partial charge in [-0.05, 0) is 59.8 Å². The van der Waals surface area contributed by atoms with Crippen LogP contribution in [-0.2, 0) is 6.54 Å². The fourth-order valence-corrected chi connectivity index (χ4v) is 5.15. The van der Waals surface area contributed by atoms with Gasteiger partial charge in [0.15, 0.2) is 5.82 Å². The van der Waals surface area contributed by atoms with Crippen molar-refractivity contribution in [1.82, 2.24) is 35.4 Å². The Morgan fingerprint density at radius 3 is 2.74 bits per heavy atom. The number of aromatic nitrogens is 5. The summed E-state index contributed by atoms with van der Waals surface area (Å²) in [6.07, 6.45) is 8.40. The molecule has 8 nitrogen and oxygen atoms in total. The first-order chi connectivity index (χ1) is 19.1. The van der Waals surface area contributed by atoms with Crippen molar-refractivity contribution < 1.29 is 4.79 Å². The van der Waals surface area contributed by atoms with Crippen LogP contribution in [0, 0.1) is 6.92 Å². The molecule has 4 heterocycles. The van der Waals surface area contributed by atoms with E-state index in [1.54, 1.807) is 6.20 Å². The summed E-state index contributed by atoms with van der Waals surface area (Å²) in [6.45, 7) is 7.17. The van der Waals surface area contributed by atoms with Gasteiger partial charge < -0.3 is 15.2 Å². The van der Waals surface area contributed by atoms with E-state index in [1.807, 2.05) is 41.6 Å². The number of imidazole rings is 1. The van der Waals surface area contributed by atoms with Crippen LogP contribution in [0.15, 0.2) is 73.2 Å². The third-order valence-electron chi connectivity index (χ3n) is 7.43. The van der Waals surface area contributed by atoms with E-state index in [-0.39, 0.29) is 5.91 Å². The van der Waals surface area contributed by atoms with Crippen LogP contribution in [0.3, 0.4) is 0 Å². The fraction of sp³-hybridized carbons (Fsp3) is 0.226. The summed E-state index contributed by atoms with van der Waals surface area (Å²) >= 11 is 0. The first-order valence-corrected chi connectivity index (χ1v) is 13.3. The number of amides is 1. The Morgan fingerprint density at radius 2 is 1.95 bits per heavy atom. The highest BCUT2D eigenvalue weighted by molar-refractivity contribution is 5.97. The minimum atomic E-state index is -0.0585. The van der Waals surface area contributed by atoms with E-state index >= 15 is 0 Å². The standard InChI is InChI=1S/C31H31N7O/c1-3-32-16-24-17-33-18-26(20(24)2)23-9-10-27-25(15-23)29(37-36-27)30-34-19-28(35-30)31(39)38-13-11-22(12-14-38)21-7-5-4-6-8-21/h4-11,15,17-19,32H,3,12-14,16H2,1-2H3,(H,34,35)(H,36,37). The molecule has 1 aliphatic rings. The average molecular weight is 518 g/mol. The molecule has 0 saturated heterocycles. The van der Waals surface area contributed by atoms with E-state index in [9.17, 15) is 4.79 Å². The Kier molecular flexibility index (Phi) is 6.77. The molecule has 0 spiro atoms. The predicted octanol–water partition coefficient (Wildman–Crippen LogP) is 5.36. The third-order valence-corrected chi connectivity index (χ3v) is 7.43. The second kappa shape index (κ2) is 10.7. The van der Waals surface area contributed by atoms with Crippen LogP contribution >= 0.6 is 0 Å².